The topological polar surface area (TPSA) is 123 Å². The summed E-state index contributed by atoms with van der Waals surface area (Å²) in [6, 6.07) is 4.85. The van der Waals surface area contributed by atoms with Crippen LogP contribution in [0.5, 0.6) is 5.75 Å². The van der Waals surface area contributed by atoms with Crippen molar-refractivity contribution in [2.45, 2.75) is 25.9 Å². The van der Waals surface area contributed by atoms with Crippen LogP contribution in [0.15, 0.2) is 24.3 Å². The number of rotatable bonds is 10. The molecule has 1 aromatic rings. The summed E-state index contributed by atoms with van der Waals surface area (Å²) < 4.78 is 45.8. The SMILES string of the molecule is CCCCOc1ccc(C(=O)NCC(=O)OCC(=O)NC(=O)NCC(F)(F)F)cc1. The van der Waals surface area contributed by atoms with Crippen molar-refractivity contribution in [2.24, 2.45) is 0 Å². The quantitative estimate of drug-likeness (QED) is 0.380. The highest BCUT2D eigenvalue weighted by Crippen LogP contribution is 2.13. The van der Waals surface area contributed by atoms with Crippen molar-refractivity contribution in [3.05, 3.63) is 29.8 Å². The Bertz CT molecular complexity index is 738. The van der Waals surface area contributed by atoms with Crippen LogP contribution in [0, 0.1) is 0 Å². The lowest BCUT2D eigenvalue weighted by Crippen LogP contribution is -2.44. The zero-order valence-corrected chi connectivity index (χ0v) is 16.1. The van der Waals surface area contributed by atoms with Gasteiger partial charge in [-0.25, -0.2) is 4.79 Å². The maximum absolute atomic E-state index is 12.0. The molecule has 0 spiro atoms. The number of alkyl halides is 3. The maximum atomic E-state index is 12.0. The summed E-state index contributed by atoms with van der Waals surface area (Å²) in [4.78, 5) is 45.9. The van der Waals surface area contributed by atoms with Gasteiger partial charge in [-0.3, -0.25) is 19.7 Å². The van der Waals surface area contributed by atoms with Gasteiger partial charge in [0.2, 0.25) is 0 Å². The standard InChI is InChI=1S/C18H22F3N3O6/c1-2-3-8-29-13-6-4-12(5-7-13)16(27)22-9-15(26)30-10-14(25)24-17(28)23-11-18(19,20)21/h4-7H,2-3,8-11H2,1H3,(H,22,27)(H2,23,24,25,28). The number of imide groups is 1. The number of halogens is 3. The fraction of sp³-hybridized carbons (Fsp3) is 0.444. The lowest BCUT2D eigenvalue weighted by atomic mass is 10.2. The van der Waals surface area contributed by atoms with E-state index in [4.69, 9.17) is 4.74 Å². The highest BCUT2D eigenvalue weighted by atomic mass is 19.4. The normalized spacial score (nSPS) is 10.7. The first-order chi connectivity index (χ1) is 14.1. The molecule has 3 N–H and O–H groups in total. The first kappa shape index (κ1) is 24.7. The van der Waals surface area contributed by atoms with Crippen LogP contribution in [-0.2, 0) is 14.3 Å². The molecule has 0 aliphatic carbocycles. The summed E-state index contributed by atoms with van der Waals surface area (Å²) in [6.07, 6.45) is -2.74. The Hall–Kier alpha value is -3.31. The molecule has 4 amide bonds. The molecular formula is C18H22F3N3O6. The third kappa shape index (κ3) is 10.9. The van der Waals surface area contributed by atoms with Crippen molar-refractivity contribution in [1.82, 2.24) is 16.0 Å². The number of urea groups is 1. The van der Waals surface area contributed by atoms with Crippen molar-refractivity contribution < 1.29 is 41.8 Å². The molecule has 0 heterocycles. The Kier molecular flexibility index (Phi) is 10.1. The minimum atomic E-state index is -4.63. The van der Waals surface area contributed by atoms with Gasteiger partial charge in [-0.2, -0.15) is 13.2 Å². The molecule has 0 fully saturated rings. The third-order valence-electron chi connectivity index (χ3n) is 3.34. The molecule has 0 aliphatic heterocycles. The molecular weight excluding hydrogens is 411 g/mol. The van der Waals surface area contributed by atoms with Crippen LogP contribution < -0.4 is 20.7 Å². The van der Waals surface area contributed by atoms with E-state index in [1.165, 1.54) is 17.4 Å². The molecule has 0 aliphatic rings. The molecule has 0 atom stereocenters. The van der Waals surface area contributed by atoms with Crippen molar-refractivity contribution in [3.63, 3.8) is 0 Å². The van der Waals surface area contributed by atoms with E-state index in [2.05, 4.69) is 10.1 Å². The van der Waals surface area contributed by atoms with Crippen LogP contribution >= 0.6 is 0 Å². The highest BCUT2D eigenvalue weighted by Gasteiger charge is 2.28. The Morgan fingerprint density at radius 1 is 1.03 bits per heavy atom. The van der Waals surface area contributed by atoms with Gasteiger partial charge in [0.25, 0.3) is 11.8 Å². The monoisotopic (exact) mass is 433 g/mol. The van der Waals surface area contributed by atoms with Gasteiger partial charge in [0.1, 0.15) is 18.8 Å². The first-order valence-corrected chi connectivity index (χ1v) is 8.92. The number of amides is 4. The Labute approximate surface area is 170 Å². The van der Waals surface area contributed by atoms with E-state index in [0.717, 1.165) is 12.8 Å². The second-order valence-corrected chi connectivity index (χ2v) is 5.92. The summed E-state index contributed by atoms with van der Waals surface area (Å²) in [7, 11) is 0. The summed E-state index contributed by atoms with van der Waals surface area (Å²) in [6.45, 7) is -0.488. The van der Waals surface area contributed by atoms with E-state index in [0.29, 0.717) is 12.4 Å². The molecule has 9 nitrogen and oxygen atoms in total. The number of unbranched alkanes of at least 4 members (excludes halogenated alkanes) is 1. The van der Waals surface area contributed by atoms with E-state index in [-0.39, 0.29) is 5.56 Å². The maximum Gasteiger partial charge on any atom is 0.405 e. The second-order valence-electron chi connectivity index (χ2n) is 5.92. The van der Waals surface area contributed by atoms with Crippen molar-refractivity contribution in [2.75, 3.05) is 26.3 Å². The smallest absolute Gasteiger partial charge is 0.405 e. The Balaban J connectivity index is 2.29. The van der Waals surface area contributed by atoms with Crippen LogP contribution in [0.1, 0.15) is 30.1 Å². The van der Waals surface area contributed by atoms with Crippen LogP contribution in [0.25, 0.3) is 0 Å². The van der Waals surface area contributed by atoms with E-state index in [1.54, 1.807) is 17.4 Å². The zero-order valence-electron chi connectivity index (χ0n) is 16.1. The highest BCUT2D eigenvalue weighted by molar-refractivity contribution is 5.97. The molecule has 0 saturated heterocycles. The average molecular weight is 433 g/mol. The van der Waals surface area contributed by atoms with Crippen molar-refractivity contribution in [1.29, 1.82) is 0 Å². The number of esters is 1. The number of ether oxygens (including phenoxy) is 2. The fourth-order valence-corrected chi connectivity index (χ4v) is 1.88. The molecule has 12 heteroatoms. The third-order valence-corrected chi connectivity index (χ3v) is 3.34. The van der Waals surface area contributed by atoms with E-state index >= 15 is 0 Å². The summed E-state index contributed by atoms with van der Waals surface area (Å²) >= 11 is 0. The second kappa shape index (κ2) is 12.3. The average Bonchev–Trinajstić information content (AvgIpc) is 2.69. The van der Waals surface area contributed by atoms with E-state index in [1.807, 2.05) is 6.92 Å². The van der Waals surface area contributed by atoms with Crippen LogP contribution in [-0.4, -0.2) is 56.3 Å². The number of benzene rings is 1. The van der Waals surface area contributed by atoms with Gasteiger partial charge >= 0.3 is 18.2 Å². The Morgan fingerprint density at radius 2 is 1.70 bits per heavy atom. The number of hydrogen-bond donors (Lipinski definition) is 3. The number of nitrogens with one attached hydrogen (secondary N) is 3. The minimum Gasteiger partial charge on any atom is -0.494 e. The van der Waals surface area contributed by atoms with Gasteiger partial charge in [-0.1, -0.05) is 13.3 Å². The predicted octanol–water partition coefficient (Wildman–Crippen LogP) is 1.53. The number of hydrogen-bond acceptors (Lipinski definition) is 6. The molecule has 0 aromatic heterocycles. The molecule has 1 aromatic carbocycles. The van der Waals surface area contributed by atoms with Crippen molar-refractivity contribution in [3.8, 4) is 5.75 Å². The lowest BCUT2D eigenvalue weighted by molar-refractivity contribution is -0.147. The number of carbonyl (C=O) groups excluding carboxylic acids is 4. The van der Waals surface area contributed by atoms with Gasteiger partial charge in [0.05, 0.1) is 6.61 Å². The molecule has 0 bridgehead atoms. The largest absolute Gasteiger partial charge is 0.494 e. The van der Waals surface area contributed by atoms with Gasteiger partial charge in [-0.05, 0) is 30.7 Å². The van der Waals surface area contributed by atoms with Gasteiger partial charge < -0.3 is 20.1 Å². The summed E-state index contributed by atoms with van der Waals surface area (Å²) in [5.41, 5.74) is 0.268. The first-order valence-electron chi connectivity index (χ1n) is 8.92. The molecule has 1 rings (SSSR count). The Morgan fingerprint density at radius 3 is 2.30 bits per heavy atom. The fourth-order valence-electron chi connectivity index (χ4n) is 1.88. The van der Waals surface area contributed by atoms with Crippen LogP contribution in [0.4, 0.5) is 18.0 Å². The molecule has 0 radical (unpaired) electrons. The predicted molar refractivity (Wildman–Crippen MR) is 97.7 cm³/mol. The van der Waals surface area contributed by atoms with E-state index < -0.39 is 49.7 Å². The van der Waals surface area contributed by atoms with Crippen LogP contribution in [0.3, 0.4) is 0 Å². The van der Waals surface area contributed by atoms with Gasteiger partial charge in [-0.15, -0.1) is 0 Å². The van der Waals surface area contributed by atoms with Crippen molar-refractivity contribution >= 4 is 23.8 Å². The molecule has 30 heavy (non-hydrogen) atoms. The lowest BCUT2D eigenvalue weighted by Gasteiger charge is -2.10. The van der Waals surface area contributed by atoms with Crippen LogP contribution in [0.2, 0.25) is 0 Å². The van der Waals surface area contributed by atoms with Gasteiger partial charge in [0, 0.05) is 5.56 Å². The van der Waals surface area contributed by atoms with Gasteiger partial charge in [0.15, 0.2) is 6.61 Å². The molecule has 0 saturated carbocycles. The zero-order chi connectivity index (χ0) is 22.6. The molecule has 0 unspecified atom stereocenters. The minimum absolute atomic E-state index is 0.268. The van der Waals surface area contributed by atoms with E-state index in [9.17, 15) is 32.3 Å². The summed E-state index contributed by atoms with van der Waals surface area (Å²) in [5.74, 6) is -2.07. The molecule has 166 valence electrons. The summed E-state index contributed by atoms with van der Waals surface area (Å²) in [5, 5.41) is 5.25. The number of carbonyl (C=O) groups is 4.